The van der Waals surface area contributed by atoms with E-state index in [9.17, 15) is 0 Å². The zero-order valence-corrected chi connectivity index (χ0v) is 6.57. The lowest BCUT2D eigenvalue weighted by molar-refractivity contribution is 0.771. The predicted molar refractivity (Wildman–Crippen MR) is 40.8 cm³/mol. The van der Waals surface area contributed by atoms with Crippen LogP contribution in [0.2, 0.25) is 0 Å². The lowest BCUT2D eigenvalue weighted by Gasteiger charge is -2.00. The van der Waals surface area contributed by atoms with Crippen LogP contribution in [0.1, 0.15) is 31.3 Å². The van der Waals surface area contributed by atoms with Crippen molar-refractivity contribution in [2.75, 3.05) is 0 Å². The van der Waals surface area contributed by atoms with Crippen molar-refractivity contribution in [2.24, 2.45) is 0 Å². The van der Waals surface area contributed by atoms with E-state index in [0.717, 1.165) is 5.82 Å². The van der Waals surface area contributed by atoms with Gasteiger partial charge < -0.3 is 0 Å². The Kier molecular flexibility index (Phi) is 2.17. The first-order valence-corrected chi connectivity index (χ1v) is 3.47. The van der Waals surface area contributed by atoms with E-state index in [-0.39, 0.29) is 5.92 Å². The second kappa shape index (κ2) is 3.11. The number of aromatic nitrogens is 2. The maximum atomic E-state index is 8.50. The minimum absolute atomic E-state index is 0.281. The molecule has 0 bridgehead atoms. The zero-order valence-electron chi connectivity index (χ0n) is 6.57. The molecule has 11 heavy (non-hydrogen) atoms. The van der Waals surface area contributed by atoms with E-state index in [4.69, 9.17) is 5.26 Å². The Morgan fingerprint density at radius 1 is 1.55 bits per heavy atom. The molecule has 0 saturated carbocycles. The molecule has 3 nitrogen and oxygen atoms in total. The summed E-state index contributed by atoms with van der Waals surface area (Å²) in [4.78, 5) is 8.04. The standard InChI is InChI=1S/C8H9N3/c1-6(2)8-10-4-3-7(5-9)11-8/h3-4,6H,1-2H3. The van der Waals surface area contributed by atoms with Gasteiger partial charge in [0.1, 0.15) is 17.6 Å². The molecular weight excluding hydrogens is 138 g/mol. The molecule has 0 aliphatic heterocycles. The van der Waals surface area contributed by atoms with E-state index in [1.54, 1.807) is 12.3 Å². The van der Waals surface area contributed by atoms with E-state index in [2.05, 4.69) is 9.97 Å². The van der Waals surface area contributed by atoms with Crippen LogP contribution >= 0.6 is 0 Å². The van der Waals surface area contributed by atoms with Crippen molar-refractivity contribution in [3.8, 4) is 6.07 Å². The fourth-order valence-corrected chi connectivity index (χ4v) is 0.714. The first-order valence-electron chi connectivity index (χ1n) is 3.47. The number of hydrogen-bond donors (Lipinski definition) is 0. The Morgan fingerprint density at radius 3 is 2.82 bits per heavy atom. The third-order valence-electron chi connectivity index (χ3n) is 1.31. The van der Waals surface area contributed by atoms with Gasteiger partial charge in [-0.15, -0.1) is 0 Å². The average Bonchev–Trinajstić information content (AvgIpc) is 2.05. The van der Waals surface area contributed by atoms with Crippen LogP contribution in [0.3, 0.4) is 0 Å². The first-order chi connectivity index (χ1) is 5.24. The molecule has 0 aliphatic carbocycles. The largest absolute Gasteiger partial charge is 0.241 e. The molecular formula is C8H9N3. The molecule has 0 fully saturated rings. The number of nitriles is 1. The summed E-state index contributed by atoms with van der Waals surface area (Å²) in [6, 6.07) is 3.57. The van der Waals surface area contributed by atoms with E-state index >= 15 is 0 Å². The van der Waals surface area contributed by atoms with Gasteiger partial charge in [-0.05, 0) is 6.07 Å². The van der Waals surface area contributed by atoms with Crippen LogP contribution in [0.4, 0.5) is 0 Å². The lowest BCUT2D eigenvalue weighted by atomic mass is 10.2. The Hall–Kier alpha value is -1.43. The second-order valence-corrected chi connectivity index (χ2v) is 2.57. The average molecular weight is 147 g/mol. The highest BCUT2D eigenvalue weighted by atomic mass is 14.9. The maximum Gasteiger partial charge on any atom is 0.144 e. The summed E-state index contributed by atoms with van der Waals surface area (Å²) in [5, 5.41) is 8.50. The van der Waals surface area contributed by atoms with Gasteiger partial charge in [0.25, 0.3) is 0 Å². The van der Waals surface area contributed by atoms with Crippen LogP contribution in [0.15, 0.2) is 12.3 Å². The third-order valence-corrected chi connectivity index (χ3v) is 1.31. The van der Waals surface area contributed by atoms with Crippen molar-refractivity contribution >= 4 is 0 Å². The lowest BCUT2D eigenvalue weighted by Crippen LogP contribution is -1.97. The summed E-state index contributed by atoms with van der Waals surface area (Å²) < 4.78 is 0. The van der Waals surface area contributed by atoms with Gasteiger partial charge in [-0.25, -0.2) is 9.97 Å². The van der Waals surface area contributed by atoms with E-state index in [1.165, 1.54) is 0 Å². The molecule has 0 saturated heterocycles. The molecule has 1 aromatic rings. The highest BCUT2D eigenvalue weighted by molar-refractivity contribution is 5.18. The molecule has 0 atom stereocenters. The molecule has 56 valence electrons. The van der Waals surface area contributed by atoms with Gasteiger partial charge in [0.2, 0.25) is 0 Å². The third kappa shape index (κ3) is 1.74. The topological polar surface area (TPSA) is 49.6 Å². The van der Waals surface area contributed by atoms with Gasteiger partial charge in [0.15, 0.2) is 0 Å². The summed E-state index contributed by atoms with van der Waals surface area (Å²) in [7, 11) is 0. The summed E-state index contributed by atoms with van der Waals surface area (Å²) in [6.45, 7) is 3.99. The quantitative estimate of drug-likeness (QED) is 0.604. The molecule has 3 heteroatoms. The molecule has 1 aromatic heterocycles. The summed E-state index contributed by atoms with van der Waals surface area (Å²) in [5.74, 6) is 1.01. The smallest absolute Gasteiger partial charge is 0.144 e. The fourth-order valence-electron chi connectivity index (χ4n) is 0.714. The number of rotatable bonds is 1. The Bertz CT molecular complexity index is 286. The number of hydrogen-bond acceptors (Lipinski definition) is 3. The SMILES string of the molecule is CC(C)c1nccc(C#N)n1. The summed E-state index contributed by atoms with van der Waals surface area (Å²) in [6.07, 6.45) is 1.61. The Morgan fingerprint density at radius 2 is 2.27 bits per heavy atom. The van der Waals surface area contributed by atoms with Crippen molar-refractivity contribution in [3.63, 3.8) is 0 Å². The molecule has 0 unspecified atom stereocenters. The zero-order chi connectivity index (χ0) is 8.27. The predicted octanol–water partition coefficient (Wildman–Crippen LogP) is 1.47. The van der Waals surface area contributed by atoms with Gasteiger partial charge in [0, 0.05) is 12.1 Å². The summed E-state index contributed by atoms with van der Waals surface area (Å²) >= 11 is 0. The highest BCUT2D eigenvalue weighted by Crippen LogP contribution is 2.07. The normalized spacial score (nSPS) is 9.64. The van der Waals surface area contributed by atoms with E-state index < -0.39 is 0 Å². The molecule has 0 aromatic carbocycles. The van der Waals surface area contributed by atoms with Crippen LogP contribution < -0.4 is 0 Å². The van der Waals surface area contributed by atoms with Gasteiger partial charge in [0.05, 0.1) is 0 Å². The van der Waals surface area contributed by atoms with Crippen LogP contribution in [0, 0.1) is 11.3 Å². The van der Waals surface area contributed by atoms with Gasteiger partial charge in [-0.2, -0.15) is 5.26 Å². The minimum atomic E-state index is 0.281. The molecule has 0 N–H and O–H groups in total. The molecule has 0 aliphatic rings. The second-order valence-electron chi connectivity index (χ2n) is 2.57. The van der Waals surface area contributed by atoms with Gasteiger partial charge in [-0.1, -0.05) is 13.8 Å². The van der Waals surface area contributed by atoms with Crippen LogP contribution in [-0.4, -0.2) is 9.97 Å². The first kappa shape index (κ1) is 7.67. The maximum absolute atomic E-state index is 8.50. The van der Waals surface area contributed by atoms with Crippen molar-refractivity contribution in [2.45, 2.75) is 19.8 Å². The van der Waals surface area contributed by atoms with Crippen molar-refractivity contribution in [1.82, 2.24) is 9.97 Å². The van der Waals surface area contributed by atoms with E-state index in [1.807, 2.05) is 19.9 Å². The monoisotopic (exact) mass is 147 g/mol. The van der Waals surface area contributed by atoms with E-state index in [0.29, 0.717) is 5.69 Å². The molecule has 0 spiro atoms. The molecule has 0 radical (unpaired) electrons. The van der Waals surface area contributed by atoms with Crippen LogP contribution in [0.5, 0.6) is 0 Å². The highest BCUT2D eigenvalue weighted by Gasteiger charge is 2.01. The van der Waals surface area contributed by atoms with Crippen molar-refractivity contribution < 1.29 is 0 Å². The molecule has 1 rings (SSSR count). The fraction of sp³-hybridized carbons (Fsp3) is 0.375. The van der Waals surface area contributed by atoms with Crippen LogP contribution in [-0.2, 0) is 0 Å². The number of nitrogens with zero attached hydrogens (tertiary/aromatic N) is 3. The van der Waals surface area contributed by atoms with Crippen molar-refractivity contribution in [3.05, 3.63) is 23.8 Å². The van der Waals surface area contributed by atoms with Gasteiger partial charge >= 0.3 is 0 Å². The van der Waals surface area contributed by atoms with Gasteiger partial charge in [-0.3, -0.25) is 0 Å². The Labute approximate surface area is 65.7 Å². The summed E-state index contributed by atoms with van der Waals surface area (Å²) in [5.41, 5.74) is 0.434. The van der Waals surface area contributed by atoms with Crippen molar-refractivity contribution in [1.29, 1.82) is 5.26 Å². The molecule has 0 amide bonds. The minimum Gasteiger partial charge on any atom is -0.241 e. The Balaban J connectivity index is 3.03. The molecule has 1 heterocycles. The van der Waals surface area contributed by atoms with Crippen LogP contribution in [0.25, 0.3) is 0 Å².